The normalized spacial score (nSPS) is 11.1. The number of halogens is 1. The van der Waals surface area contributed by atoms with E-state index in [1.807, 2.05) is 38.4 Å². The lowest BCUT2D eigenvalue weighted by Crippen LogP contribution is -2.25. The van der Waals surface area contributed by atoms with Gasteiger partial charge in [-0.15, -0.1) is 0 Å². The number of imidazole rings is 1. The highest BCUT2D eigenvalue weighted by Crippen LogP contribution is 2.28. The molecule has 0 aliphatic rings. The number of primary amides is 1. The van der Waals surface area contributed by atoms with Crippen molar-refractivity contribution >= 4 is 34.2 Å². The summed E-state index contributed by atoms with van der Waals surface area (Å²) >= 11 is 6.23. The van der Waals surface area contributed by atoms with Crippen LogP contribution in [-0.2, 0) is 7.05 Å². The van der Waals surface area contributed by atoms with E-state index in [2.05, 4.69) is 9.97 Å². The highest BCUT2D eigenvalue weighted by atomic mass is 35.5. The second-order valence-corrected chi connectivity index (χ2v) is 7.52. The summed E-state index contributed by atoms with van der Waals surface area (Å²) < 4.78 is 3.08. The SMILES string of the molecule is CN(C)c1nc(=O)n(-c2cccc(-c3cn(C)c(C(N)=O)n3)c2)c2cc(Cl)ccc12. The molecule has 1 amide bonds. The highest BCUT2D eigenvalue weighted by Gasteiger charge is 2.16. The summed E-state index contributed by atoms with van der Waals surface area (Å²) in [5.41, 5.74) is 7.49. The Hall–Kier alpha value is -3.65. The minimum absolute atomic E-state index is 0.154. The summed E-state index contributed by atoms with van der Waals surface area (Å²) in [5.74, 6) is 0.108. The summed E-state index contributed by atoms with van der Waals surface area (Å²) in [6.07, 6.45) is 1.71. The zero-order valence-electron chi connectivity index (χ0n) is 16.6. The van der Waals surface area contributed by atoms with Crippen molar-refractivity contribution in [2.24, 2.45) is 12.8 Å². The maximum atomic E-state index is 13.0. The van der Waals surface area contributed by atoms with Crippen molar-refractivity contribution in [2.45, 2.75) is 0 Å². The zero-order valence-corrected chi connectivity index (χ0v) is 17.4. The van der Waals surface area contributed by atoms with Gasteiger partial charge in [0, 0.05) is 43.3 Å². The Morgan fingerprint density at radius 1 is 1.13 bits per heavy atom. The van der Waals surface area contributed by atoms with Crippen molar-refractivity contribution in [1.82, 2.24) is 19.1 Å². The first-order chi connectivity index (χ1) is 14.3. The molecule has 2 aromatic carbocycles. The topological polar surface area (TPSA) is 99.0 Å². The van der Waals surface area contributed by atoms with Gasteiger partial charge in [-0.3, -0.25) is 9.36 Å². The quantitative estimate of drug-likeness (QED) is 0.545. The average molecular weight is 423 g/mol. The van der Waals surface area contributed by atoms with Gasteiger partial charge in [0.2, 0.25) is 0 Å². The van der Waals surface area contributed by atoms with Crippen molar-refractivity contribution < 1.29 is 4.79 Å². The molecule has 0 radical (unpaired) electrons. The fourth-order valence-corrected chi connectivity index (χ4v) is 3.58. The van der Waals surface area contributed by atoms with Gasteiger partial charge in [-0.25, -0.2) is 9.78 Å². The minimum atomic E-state index is -0.611. The monoisotopic (exact) mass is 422 g/mol. The number of benzene rings is 2. The van der Waals surface area contributed by atoms with E-state index in [9.17, 15) is 9.59 Å². The van der Waals surface area contributed by atoms with Crippen molar-refractivity contribution in [1.29, 1.82) is 0 Å². The summed E-state index contributed by atoms with van der Waals surface area (Å²) in [6.45, 7) is 0. The summed E-state index contributed by atoms with van der Waals surface area (Å²) in [6, 6.07) is 12.6. The Morgan fingerprint density at radius 2 is 1.90 bits per heavy atom. The number of carbonyl (C=O) groups is 1. The predicted octanol–water partition coefficient (Wildman–Crippen LogP) is 2.60. The first-order valence-corrected chi connectivity index (χ1v) is 9.47. The summed E-state index contributed by atoms with van der Waals surface area (Å²) in [4.78, 5) is 34.9. The molecule has 0 bridgehead atoms. The van der Waals surface area contributed by atoms with Crippen LogP contribution in [0.2, 0.25) is 5.02 Å². The molecule has 8 nitrogen and oxygen atoms in total. The van der Waals surface area contributed by atoms with Gasteiger partial charge in [-0.2, -0.15) is 4.98 Å². The van der Waals surface area contributed by atoms with Gasteiger partial charge in [-0.1, -0.05) is 23.7 Å². The minimum Gasteiger partial charge on any atom is -0.363 e. The standard InChI is InChI=1S/C21H19ClN6O2/c1-26(2)19-15-8-7-13(22)10-17(15)28(21(30)25-19)14-6-4-5-12(9-14)16-11-27(3)20(24-16)18(23)29/h4-11H,1-3H3,(H2,23,29). The third-order valence-electron chi connectivity index (χ3n) is 4.75. The van der Waals surface area contributed by atoms with Gasteiger partial charge in [-0.05, 0) is 30.3 Å². The van der Waals surface area contributed by atoms with Gasteiger partial charge in [0.25, 0.3) is 5.91 Å². The average Bonchev–Trinajstić information content (AvgIpc) is 3.09. The fraction of sp³-hybridized carbons (Fsp3) is 0.143. The third kappa shape index (κ3) is 3.31. The number of aryl methyl sites for hydroxylation is 1. The van der Waals surface area contributed by atoms with Crippen LogP contribution in [0.1, 0.15) is 10.6 Å². The van der Waals surface area contributed by atoms with Gasteiger partial charge in [0.15, 0.2) is 5.82 Å². The number of carbonyl (C=O) groups excluding carboxylic acids is 1. The number of hydrogen-bond acceptors (Lipinski definition) is 5. The molecule has 2 aromatic heterocycles. The number of aromatic nitrogens is 4. The van der Waals surface area contributed by atoms with Crippen LogP contribution in [0.25, 0.3) is 27.8 Å². The molecular weight excluding hydrogens is 404 g/mol. The molecule has 30 heavy (non-hydrogen) atoms. The van der Waals surface area contributed by atoms with E-state index in [-0.39, 0.29) is 5.82 Å². The molecule has 4 aromatic rings. The number of fused-ring (bicyclic) bond motifs is 1. The lowest BCUT2D eigenvalue weighted by atomic mass is 10.1. The van der Waals surface area contributed by atoms with Crippen molar-refractivity contribution in [3.63, 3.8) is 0 Å². The largest absolute Gasteiger partial charge is 0.363 e. The van der Waals surface area contributed by atoms with Crippen LogP contribution in [0, 0.1) is 0 Å². The number of hydrogen-bond donors (Lipinski definition) is 1. The smallest absolute Gasteiger partial charge is 0.354 e. The number of nitrogens with zero attached hydrogens (tertiary/aromatic N) is 5. The lowest BCUT2D eigenvalue weighted by molar-refractivity contribution is 0.0987. The van der Waals surface area contributed by atoms with E-state index >= 15 is 0 Å². The molecule has 0 aliphatic carbocycles. The van der Waals surface area contributed by atoms with E-state index < -0.39 is 11.6 Å². The van der Waals surface area contributed by atoms with Gasteiger partial charge in [0.1, 0.15) is 5.82 Å². The van der Waals surface area contributed by atoms with Crippen LogP contribution in [0.4, 0.5) is 5.82 Å². The van der Waals surface area contributed by atoms with Gasteiger partial charge < -0.3 is 15.2 Å². The van der Waals surface area contributed by atoms with Crippen molar-refractivity contribution in [3.05, 3.63) is 70.0 Å². The van der Waals surface area contributed by atoms with E-state index in [0.717, 1.165) is 10.9 Å². The molecule has 0 atom stereocenters. The van der Waals surface area contributed by atoms with Crippen molar-refractivity contribution in [3.8, 4) is 16.9 Å². The molecule has 0 fully saturated rings. The maximum absolute atomic E-state index is 13.0. The van der Waals surface area contributed by atoms with Crippen LogP contribution in [0.15, 0.2) is 53.5 Å². The fourth-order valence-electron chi connectivity index (χ4n) is 3.41. The summed E-state index contributed by atoms with van der Waals surface area (Å²) in [5, 5.41) is 1.31. The zero-order chi connectivity index (χ0) is 21.6. The molecule has 0 saturated carbocycles. The van der Waals surface area contributed by atoms with Crippen LogP contribution in [0.5, 0.6) is 0 Å². The first-order valence-electron chi connectivity index (χ1n) is 9.10. The number of amides is 1. The van der Waals surface area contributed by atoms with Crippen molar-refractivity contribution in [2.75, 3.05) is 19.0 Å². The Bertz CT molecular complexity index is 1360. The molecule has 9 heteroatoms. The molecule has 2 heterocycles. The molecule has 0 aliphatic heterocycles. The summed E-state index contributed by atoms with van der Waals surface area (Å²) in [7, 11) is 5.36. The maximum Gasteiger partial charge on any atom is 0.354 e. The molecule has 2 N–H and O–H groups in total. The third-order valence-corrected chi connectivity index (χ3v) is 4.99. The van der Waals surface area contributed by atoms with Gasteiger partial charge in [0.05, 0.1) is 16.9 Å². The van der Waals surface area contributed by atoms with Crippen LogP contribution in [-0.4, -0.2) is 39.1 Å². The Balaban J connectivity index is 1.95. The Kier molecular flexibility index (Phi) is 4.79. The highest BCUT2D eigenvalue weighted by molar-refractivity contribution is 6.31. The van der Waals surface area contributed by atoms with E-state index in [0.29, 0.717) is 27.7 Å². The number of anilines is 1. The van der Waals surface area contributed by atoms with Crippen LogP contribution < -0.4 is 16.3 Å². The lowest BCUT2D eigenvalue weighted by Gasteiger charge is -2.17. The molecule has 152 valence electrons. The van der Waals surface area contributed by atoms with Crippen LogP contribution in [0.3, 0.4) is 0 Å². The van der Waals surface area contributed by atoms with E-state index in [4.69, 9.17) is 17.3 Å². The Labute approximate surface area is 177 Å². The predicted molar refractivity (Wildman–Crippen MR) is 117 cm³/mol. The molecule has 0 saturated heterocycles. The number of nitrogens with two attached hydrogens (primary N) is 1. The second kappa shape index (κ2) is 7.31. The molecule has 4 rings (SSSR count). The van der Waals surface area contributed by atoms with Crippen LogP contribution >= 0.6 is 11.6 Å². The molecule has 0 unspecified atom stereocenters. The number of rotatable bonds is 4. The van der Waals surface area contributed by atoms with E-state index in [1.54, 1.807) is 40.9 Å². The first kappa shape index (κ1) is 19.7. The van der Waals surface area contributed by atoms with E-state index in [1.165, 1.54) is 4.57 Å². The second-order valence-electron chi connectivity index (χ2n) is 7.08. The molecule has 0 spiro atoms. The Morgan fingerprint density at radius 3 is 2.57 bits per heavy atom. The van der Waals surface area contributed by atoms with Gasteiger partial charge >= 0.3 is 5.69 Å². The molecular formula is C21H19ClN6O2.